The van der Waals surface area contributed by atoms with Gasteiger partial charge in [-0.1, -0.05) is 18.2 Å². The molecule has 1 fully saturated rings. The second-order valence-electron chi connectivity index (χ2n) is 6.71. The zero-order chi connectivity index (χ0) is 19.6. The molecule has 0 N–H and O–H groups in total. The van der Waals surface area contributed by atoms with Crippen molar-refractivity contribution in [2.24, 2.45) is 7.05 Å². The Morgan fingerprint density at radius 1 is 1.14 bits per heavy atom. The second-order valence-corrected chi connectivity index (χ2v) is 8.65. The Hall–Kier alpha value is -2.78. The van der Waals surface area contributed by atoms with Crippen LogP contribution in [0, 0.1) is 0 Å². The number of hydrogen-bond acceptors (Lipinski definition) is 6. The smallest absolute Gasteiger partial charge is 0.246 e. The molecule has 0 spiro atoms. The van der Waals surface area contributed by atoms with Crippen molar-refractivity contribution < 1.29 is 13.2 Å². The lowest BCUT2D eigenvalue weighted by Gasteiger charge is -2.31. The highest BCUT2D eigenvalue weighted by Gasteiger charge is 2.33. The van der Waals surface area contributed by atoms with Crippen molar-refractivity contribution >= 4 is 10.0 Å². The number of para-hydroxylation sites is 1. The van der Waals surface area contributed by atoms with Gasteiger partial charge in [0.15, 0.2) is 0 Å². The number of piperidine rings is 1. The zero-order valence-electron chi connectivity index (χ0n) is 15.5. The molecule has 0 aliphatic carbocycles. The lowest BCUT2D eigenvalue weighted by molar-refractivity contribution is 0.306. The Balaban J connectivity index is 1.59. The summed E-state index contributed by atoms with van der Waals surface area (Å²) in [5.41, 5.74) is 0.678. The fourth-order valence-electron chi connectivity index (χ4n) is 3.36. The van der Waals surface area contributed by atoms with E-state index in [2.05, 4.69) is 15.1 Å². The molecule has 146 valence electrons. The number of sulfonamides is 1. The van der Waals surface area contributed by atoms with Crippen LogP contribution in [-0.2, 0) is 17.1 Å². The maximum Gasteiger partial charge on any atom is 0.246 e. The zero-order valence-corrected chi connectivity index (χ0v) is 16.3. The van der Waals surface area contributed by atoms with E-state index < -0.39 is 10.0 Å². The Morgan fingerprint density at radius 2 is 1.93 bits per heavy atom. The van der Waals surface area contributed by atoms with Gasteiger partial charge in [0.2, 0.25) is 15.9 Å². The van der Waals surface area contributed by atoms with E-state index in [4.69, 9.17) is 4.74 Å². The van der Waals surface area contributed by atoms with E-state index in [0.717, 1.165) is 12.8 Å². The van der Waals surface area contributed by atoms with E-state index in [9.17, 15) is 8.42 Å². The Labute approximate surface area is 163 Å². The third kappa shape index (κ3) is 3.76. The van der Waals surface area contributed by atoms with Crippen molar-refractivity contribution in [2.75, 3.05) is 13.1 Å². The van der Waals surface area contributed by atoms with Crippen LogP contribution in [0.1, 0.15) is 24.5 Å². The van der Waals surface area contributed by atoms with Gasteiger partial charge in [0, 0.05) is 44.6 Å². The number of hydrogen-bond donors (Lipinski definition) is 0. The molecule has 3 aromatic rings. The van der Waals surface area contributed by atoms with Crippen molar-refractivity contribution in [1.82, 2.24) is 24.1 Å². The van der Waals surface area contributed by atoms with Crippen LogP contribution in [0.15, 0.2) is 60.0 Å². The normalized spacial score (nSPS) is 18.1. The first-order chi connectivity index (χ1) is 13.5. The van der Waals surface area contributed by atoms with Crippen molar-refractivity contribution in [3.8, 4) is 11.6 Å². The minimum absolute atomic E-state index is 0.0902. The number of benzene rings is 1. The first kappa shape index (κ1) is 18.6. The molecule has 8 nitrogen and oxygen atoms in total. The lowest BCUT2D eigenvalue weighted by atomic mass is 9.96. The highest BCUT2D eigenvalue weighted by molar-refractivity contribution is 7.89. The maximum absolute atomic E-state index is 13.0. The average molecular weight is 399 g/mol. The molecular formula is C19H21N5O3S. The highest BCUT2D eigenvalue weighted by atomic mass is 32.2. The molecule has 0 radical (unpaired) electrons. The molecule has 1 saturated heterocycles. The van der Waals surface area contributed by atoms with Crippen LogP contribution in [0.2, 0.25) is 0 Å². The quantitative estimate of drug-likeness (QED) is 0.655. The number of aryl methyl sites for hydroxylation is 1. The van der Waals surface area contributed by atoms with E-state index in [1.807, 2.05) is 30.3 Å². The largest absolute Gasteiger partial charge is 0.437 e. The lowest BCUT2D eigenvalue weighted by Crippen LogP contribution is -2.39. The molecule has 1 aromatic carbocycles. The Kier molecular flexibility index (Phi) is 5.10. The van der Waals surface area contributed by atoms with Crippen LogP contribution < -0.4 is 4.74 Å². The first-order valence-corrected chi connectivity index (χ1v) is 10.5. The molecule has 1 aliphatic heterocycles. The van der Waals surface area contributed by atoms with Gasteiger partial charge in [0.1, 0.15) is 16.3 Å². The topological polar surface area (TPSA) is 90.2 Å². The van der Waals surface area contributed by atoms with E-state index in [-0.39, 0.29) is 10.8 Å². The Bertz CT molecular complexity index is 1050. The van der Waals surface area contributed by atoms with Crippen LogP contribution in [0.4, 0.5) is 0 Å². The SMILES string of the molecule is Cn1cc(S(=O)(=O)N2CCC[C@H](c3nccnc3Oc3ccccc3)C2)cn1. The van der Waals surface area contributed by atoms with Crippen LogP contribution in [0.25, 0.3) is 0 Å². The molecule has 0 unspecified atom stereocenters. The molecule has 1 atom stereocenters. The van der Waals surface area contributed by atoms with Gasteiger partial charge < -0.3 is 4.74 Å². The van der Waals surface area contributed by atoms with Crippen LogP contribution >= 0.6 is 0 Å². The number of rotatable bonds is 5. The van der Waals surface area contributed by atoms with E-state index in [0.29, 0.717) is 30.4 Å². The van der Waals surface area contributed by atoms with Crippen LogP contribution in [-0.4, -0.2) is 45.6 Å². The highest BCUT2D eigenvalue weighted by Crippen LogP contribution is 2.34. The maximum atomic E-state index is 13.0. The van der Waals surface area contributed by atoms with E-state index in [1.54, 1.807) is 19.4 Å². The van der Waals surface area contributed by atoms with Gasteiger partial charge in [-0.05, 0) is 25.0 Å². The van der Waals surface area contributed by atoms with Gasteiger partial charge >= 0.3 is 0 Å². The molecule has 9 heteroatoms. The molecule has 0 bridgehead atoms. The van der Waals surface area contributed by atoms with Crippen molar-refractivity contribution in [3.05, 3.63) is 60.8 Å². The van der Waals surface area contributed by atoms with Gasteiger partial charge in [0.05, 0.1) is 6.20 Å². The summed E-state index contributed by atoms with van der Waals surface area (Å²) in [6.07, 6.45) is 7.65. The predicted molar refractivity (Wildman–Crippen MR) is 102 cm³/mol. The van der Waals surface area contributed by atoms with Crippen molar-refractivity contribution in [1.29, 1.82) is 0 Å². The van der Waals surface area contributed by atoms with Gasteiger partial charge in [-0.2, -0.15) is 9.40 Å². The molecule has 0 saturated carbocycles. The van der Waals surface area contributed by atoms with Gasteiger partial charge in [-0.15, -0.1) is 0 Å². The van der Waals surface area contributed by atoms with Crippen molar-refractivity contribution in [3.63, 3.8) is 0 Å². The molecule has 2 aromatic heterocycles. The summed E-state index contributed by atoms with van der Waals surface area (Å²) in [6.45, 7) is 0.809. The fourth-order valence-corrected chi connectivity index (χ4v) is 4.87. The minimum atomic E-state index is -3.59. The average Bonchev–Trinajstić information content (AvgIpc) is 3.17. The minimum Gasteiger partial charge on any atom is -0.437 e. The number of ether oxygens (including phenoxy) is 1. The third-order valence-electron chi connectivity index (χ3n) is 4.74. The summed E-state index contributed by atoms with van der Waals surface area (Å²) < 4.78 is 34.8. The molecule has 3 heterocycles. The van der Waals surface area contributed by atoms with Gasteiger partial charge in [0.25, 0.3) is 0 Å². The fraction of sp³-hybridized carbons (Fsp3) is 0.316. The summed E-state index contributed by atoms with van der Waals surface area (Å²) in [4.78, 5) is 9.00. The standard InChI is InChI=1S/C19H21N5O3S/c1-23-14-17(12-22-23)28(25,26)24-11-5-6-15(13-24)18-19(21-10-9-20-18)27-16-7-3-2-4-8-16/h2-4,7-10,12,14-15H,5-6,11,13H2,1H3/t15-/m0/s1. The molecule has 4 rings (SSSR count). The summed E-state index contributed by atoms with van der Waals surface area (Å²) in [5.74, 6) is 0.992. The molecular weight excluding hydrogens is 378 g/mol. The van der Waals surface area contributed by atoms with E-state index >= 15 is 0 Å². The summed E-state index contributed by atoms with van der Waals surface area (Å²) in [5, 5.41) is 3.98. The molecule has 1 aliphatic rings. The summed E-state index contributed by atoms with van der Waals surface area (Å²) in [6, 6.07) is 9.37. The van der Waals surface area contributed by atoms with Crippen LogP contribution in [0.3, 0.4) is 0 Å². The first-order valence-electron chi connectivity index (χ1n) is 9.06. The number of aromatic nitrogens is 4. The van der Waals surface area contributed by atoms with Crippen molar-refractivity contribution in [2.45, 2.75) is 23.7 Å². The second kappa shape index (κ2) is 7.69. The van der Waals surface area contributed by atoms with Crippen LogP contribution in [0.5, 0.6) is 11.6 Å². The Morgan fingerprint density at radius 3 is 2.68 bits per heavy atom. The predicted octanol–water partition coefficient (Wildman–Crippen LogP) is 2.57. The number of nitrogens with zero attached hydrogens (tertiary/aromatic N) is 5. The van der Waals surface area contributed by atoms with Gasteiger partial charge in [-0.3, -0.25) is 9.67 Å². The van der Waals surface area contributed by atoms with E-state index in [1.165, 1.54) is 21.4 Å². The molecule has 0 amide bonds. The summed E-state index contributed by atoms with van der Waals surface area (Å²) in [7, 11) is -1.89. The monoisotopic (exact) mass is 399 g/mol. The molecule has 28 heavy (non-hydrogen) atoms. The third-order valence-corrected chi connectivity index (χ3v) is 6.56. The van der Waals surface area contributed by atoms with Gasteiger partial charge in [-0.25, -0.2) is 13.4 Å². The summed E-state index contributed by atoms with van der Waals surface area (Å²) >= 11 is 0.